The maximum Gasteiger partial charge on any atom is 0.334 e. The average molecular weight is 346 g/mol. The number of carboxylic acid groups (broad SMARTS) is 1. The number of benzene rings is 1. The van der Waals surface area contributed by atoms with Crippen LogP contribution in [0.2, 0.25) is 0 Å². The molecule has 0 saturated carbocycles. The molecule has 1 unspecified atom stereocenters. The third-order valence-corrected chi connectivity index (χ3v) is 4.82. The minimum absolute atomic E-state index is 0.0864. The van der Waals surface area contributed by atoms with Crippen molar-refractivity contribution in [3.8, 4) is 10.6 Å². The van der Waals surface area contributed by atoms with Crippen LogP contribution in [-0.4, -0.2) is 52.7 Å². The molecule has 1 saturated heterocycles. The van der Waals surface area contributed by atoms with Gasteiger partial charge >= 0.3 is 5.97 Å². The second kappa shape index (κ2) is 7.11. The van der Waals surface area contributed by atoms with Crippen molar-refractivity contribution < 1.29 is 19.4 Å². The van der Waals surface area contributed by atoms with Crippen LogP contribution in [0.25, 0.3) is 10.6 Å². The van der Waals surface area contributed by atoms with Crippen molar-refractivity contribution in [2.75, 3.05) is 19.7 Å². The zero-order valence-electron chi connectivity index (χ0n) is 13.3. The lowest BCUT2D eigenvalue weighted by atomic mass is 10.2. The molecule has 0 bridgehead atoms. The SMILES string of the molecule is Cc1ccc(-c2nc(CC(=O)N3CCOC(C(=O)O)C3)cs2)cc1. The lowest BCUT2D eigenvalue weighted by molar-refractivity contribution is -0.159. The number of nitrogens with zero attached hydrogens (tertiary/aromatic N) is 2. The molecule has 1 aliphatic rings. The molecule has 1 aliphatic heterocycles. The molecule has 24 heavy (non-hydrogen) atoms. The van der Waals surface area contributed by atoms with Crippen molar-refractivity contribution in [3.63, 3.8) is 0 Å². The van der Waals surface area contributed by atoms with E-state index < -0.39 is 12.1 Å². The molecule has 2 heterocycles. The fourth-order valence-electron chi connectivity index (χ4n) is 2.51. The number of thiazole rings is 1. The first-order chi connectivity index (χ1) is 11.5. The Morgan fingerprint density at radius 2 is 2.12 bits per heavy atom. The third kappa shape index (κ3) is 3.80. The molecular formula is C17H18N2O4S. The topological polar surface area (TPSA) is 79.7 Å². The molecule has 0 aliphatic carbocycles. The Balaban J connectivity index is 1.65. The molecule has 6 nitrogen and oxygen atoms in total. The van der Waals surface area contributed by atoms with Gasteiger partial charge in [-0.25, -0.2) is 9.78 Å². The maximum absolute atomic E-state index is 12.4. The highest BCUT2D eigenvalue weighted by atomic mass is 32.1. The number of carboxylic acids is 1. The molecule has 1 aromatic carbocycles. The second-order valence-electron chi connectivity index (χ2n) is 5.72. The Morgan fingerprint density at radius 3 is 2.83 bits per heavy atom. The van der Waals surface area contributed by atoms with E-state index in [1.807, 2.05) is 36.6 Å². The number of rotatable bonds is 4. The summed E-state index contributed by atoms with van der Waals surface area (Å²) < 4.78 is 5.13. The van der Waals surface area contributed by atoms with E-state index in [0.29, 0.717) is 12.2 Å². The molecule has 3 rings (SSSR count). The van der Waals surface area contributed by atoms with Crippen molar-refractivity contribution in [2.24, 2.45) is 0 Å². The smallest absolute Gasteiger partial charge is 0.334 e. The van der Waals surface area contributed by atoms with Gasteiger partial charge in [-0.15, -0.1) is 11.3 Å². The molecule has 1 atom stereocenters. The van der Waals surface area contributed by atoms with Crippen molar-refractivity contribution in [1.29, 1.82) is 0 Å². The van der Waals surface area contributed by atoms with E-state index in [1.54, 1.807) is 0 Å². The van der Waals surface area contributed by atoms with Crippen LogP contribution >= 0.6 is 11.3 Å². The number of carbonyl (C=O) groups excluding carboxylic acids is 1. The van der Waals surface area contributed by atoms with Gasteiger partial charge in [-0.3, -0.25) is 4.79 Å². The van der Waals surface area contributed by atoms with E-state index in [9.17, 15) is 9.59 Å². The molecule has 126 valence electrons. The number of morpholine rings is 1. The van der Waals surface area contributed by atoms with E-state index in [0.717, 1.165) is 10.6 Å². The minimum Gasteiger partial charge on any atom is -0.479 e. The molecule has 0 radical (unpaired) electrons. The molecular weight excluding hydrogens is 328 g/mol. The number of hydrogen-bond acceptors (Lipinski definition) is 5. The largest absolute Gasteiger partial charge is 0.479 e. The molecule has 0 spiro atoms. The number of aromatic nitrogens is 1. The summed E-state index contributed by atoms with van der Waals surface area (Å²) in [5.41, 5.74) is 2.92. The molecule has 1 aromatic heterocycles. The summed E-state index contributed by atoms with van der Waals surface area (Å²) in [6.07, 6.45) is -0.768. The maximum atomic E-state index is 12.4. The van der Waals surface area contributed by atoms with Gasteiger partial charge in [0.25, 0.3) is 0 Å². The van der Waals surface area contributed by atoms with Crippen LogP contribution in [0.4, 0.5) is 0 Å². The molecule has 1 N–H and O–H groups in total. The number of ether oxygens (including phenoxy) is 1. The number of aliphatic carboxylic acids is 1. The predicted molar refractivity (Wildman–Crippen MR) is 89.9 cm³/mol. The monoisotopic (exact) mass is 346 g/mol. The van der Waals surface area contributed by atoms with Gasteiger partial charge in [0.2, 0.25) is 5.91 Å². The zero-order chi connectivity index (χ0) is 17.1. The van der Waals surface area contributed by atoms with Crippen molar-refractivity contribution in [1.82, 2.24) is 9.88 Å². The van der Waals surface area contributed by atoms with Crippen LogP contribution in [0.1, 0.15) is 11.3 Å². The standard InChI is InChI=1S/C17H18N2O4S/c1-11-2-4-12(5-3-11)16-18-13(10-24-16)8-15(20)19-6-7-23-14(9-19)17(21)22/h2-5,10,14H,6-9H2,1H3,(H,21,22). The molecule has 2 aromatic rings. The van der Waals surface area contributed by atoms with Gasteiger partial charge in [-0.1, -0.05) is 29.8 Å². The van der Waals surface area contributed by atoms with E-state index >= 15 is 0 Å². The number of amides is 1. The Bertz CT molecular complexity index is 741. The van der Waals surface area contributed by atoms with Gasteiger partial charge in [0.1, 0.15) is 5.01 Å². The summed E-state index contributed by atoms with van der Waals surface area (Å²) in [4.78, 5) is 29.4. The number of hydrogen-bond donors (Lipinski definition) is 1. The lowest BCUT2D eigenvalue weighted by Gasteiger charge is -2.30. The van der Waals surface area contributed by atoms with Crippen LogP contribution in [-0.2, 0) is 20.7 Å². The Morgan fingerprint density at radius 1 is 1.38 bits per heavy atom. The quantitative estimate of drug-likeness (QED) is 0.916. The van der Waals surface area contributed by atoms with Gasteiger partial charge in [-0.05, 0) is 6.92 Å². The summed E-state index contributed by atoms with van der Waals surface area (Å²) in [5, 5.41) is 11.8. The number of aryl methyl sites for hydroxylation is 1. The average Bonchev–Trinajstić information content (AvgIpc) is 3.04. The van der Waals surface area contributed by atoms with Crippen LogP contribution in [0.3, 0.4) is 0 Å². The zero-order valence-corrected chi connectivity index (χ0v) is 14.1. The normalized spacial score (nSPS) is 17.7. The fourth-order valence-corrected chi connectivity index (χ4v) is 3.33. The minimum atomic E-state index is -1.04. The summed E-state index contributed by atoms with van der Waals surface area (Å²) in [5.74, 6) is -1.16. The highest BCUT2D eigenvalue weighted by Gasteiger charge is 2.29. The summed E-state index contributed by atoms with van der Waals surface area (Å²) in [6.45, 7) is 2.78. The van der Waals surface area contributed by atoms with Crippen LogP contribution < -0.4 is 0 Å². The van der Waals surface area contributed by atoms with Gasteiger partial charge in [0.05, 0.1) is 25.3 Å². The van der Waals surface area contributed by atoms with Crippen molar-refractivity contribution in [2.45, 2.75) is 19.4 Å². The summed E-state index contributed by atoms with van der Waals surface area (Å²) >= 11 is 1.50. The summed E-state index contributed by atoms with van der Waals surface area (Å²) in [6, 6.07) is 8.08. The fraction of sp³-hybridized carbons (Fsp3) is 0.353. The first-order valence-corrected chi connectivity index (χ1v) is 8.54. The van der Waals surface area contributed by atoms with Crippen LogP contribution in [0.15, 0.2) is 29.6 Å². The lowest BCUT2D eigenvalue weighted by Crippen LogP contribution is -2.49. The van der Waals surface area contributed by atoms with Gasteiger partial charge in [0, 0.05) is 17.5 Å². The highest BCUT2D eigenvalue weighted by molar-refractivity contribution is 7.13. The summed E-state index contributed by atoms with van der Waals surface area (Å²) in [7, 11) is 0. The highest BCUT2D eigenvalue weighted by Crippen LogP contribution is 2.24. The Labute approximate surface area is 143 Å². The van der Waals surface area contributed by atoms with E-state index in [-0.39, 0.29) is 25.5 Å². The number of carbonyl (C=O) groups is 2. The predicted octanol–water partition coefficient (Wildman–Crippen LogP) is 1.97. The first-order valence-electron chi connectivity index (χ1n) is 7.66. The van der Waals surface area contributed by atoms with E-state index in [4.69, 9.17) is 9.84 Å². The molecule has 7 heteroatoms. The third-order valence-electron chi connectivity index (χ3n) is 3.88. The Kier molecular flexibility index (Phi) is 4.92. The van der Waals surface area contributed by atoms with Crippen LogP contribution in [0, 0.1) is 6.92 Å². The van der Waals surface area contributed by atoms with E-state index in [1.165, 1.54) is 21.8 Å². The molecule has 1 amide bonds. The molecule has 1 fully saturated rings. The Hall–Kier alpha value is -2.25. The van der Waals surface area contributed by atoms with Crippen molar-refractivity contribution in [3.05, 3.63) is 40.9 Å². The van der Waals surface area contributed by atoms with Crippen LogP contribution in [0.5, 0.6) is 0 Å². The van der Waals surface area contributed by atoms with E-state index in [2.05, 4.69) is 4.98 Å². The van der Waals surface area contributed by atoms with Crippen molar-refractivity contribution >= 4 is 23.2 Å². The second-order valence-corrected chi connectivity index (χ2v) is 6.58. The van der Waals surface area contributed by atoms with Gasteiger partial charge < -0.3 is 14.7 Å². The first kappa shape index (κ1) is 16.6. The van der Waals surface area contributed by atoms with Gasteiger partial charge in [-0.2, -0.15) is 0 Å². The van der Waals surface area contributed by atoms with Gasteiger partial charge in [0.15, 0.2) is 6.10 Å².